The lowest BCUT2D eigenvalue weighted by atomic mass is 9.99. The van der Waals surface area contributed by atoms with Crippen LogP contribution in [0.1, 0.15) is 13.8 Å². The number of fused-ring (bicyclic) bond motifs is 1. The first kappa shape index (κ1) is 12.2. The molecule has 6 nitrogen and oxygen atoms in total. The van der Waals surface area contributed by atoms with Gasteiger partial charge in [0, 0.05) is 0 Å². The molecule has 0 unspecified atom stereocenters. The highest BCUT2D eigenvalue weighted by Crippen LogP contribution is 2.35. The average Bonchev–Trinajstić information content (AvgIpc) is 2.53. The van der Waals surface area contributed by atoms with E-state index in [1.165, 1.54) is 0 Å². The van der Waals surface area contributed by atoms with Crippen LogP contribution < -0.4 is 5.32 Å². The van der Waals surface area contributed by atoms with Gasteiger partial charge in [0.2, 0.25) is 0 Å². The van der Waals surface area contributed by atoms with Crippen LogP contribution in [0.15, 0.2) is 0 Å². The van der Waals surface area contributed by atoms with E-state index in [-0.39, 0.29) is 6.61 Å². The second-order valence-corrected chi connectivity index (χ2v) is 4.54. The summed E-state index contributed by atoms with van der Waals surface area (Å²) in [5.41, 5.74) is 0. The van der Waals surface area contributed by atoms with Crippen LogP contribution in [0.25, 0.3) is 0 Å². The second-order valence-electron chi connectivity index (χ2n) is 4.54. The number of amides is 1. The largest absolute Gasteiger partial charge is 0.465 e. The van der Waals surface area contributed by atoms with Crippen molar-refractivity contribution < 1.29 is 24.1 Å². The topological polar surface area (TPSA) is 77.0 Å². The van der Waals surface area contributed by atoms with Gasteiger partial charge < -0.3 is 24.6 Å². The van der Waals surface area contributed by atoms with E-state index in [1.54, 1.807) is 13.8 Å². The fourth-order valence-corrected chi connectivity index (χ4v) is 2.18. The molecule has 2 aliphatic heterocycles. The second kappa shape index (κ2) is 4.18. The number of hydrogen-bond acceptors (Lipinski definition) is 4. The summed E-state index contributed by atoms with van der Waals surface area (Å²) in [7, 11) is 0. The Kier molecular flexibility index (Phi) is 3.00. The van der Waals surface area contributed by atoms with Gasteiger partial charge >= 0.3 is 6.09 Å². The molecule has 94 valence electrons. The number of ether oxygens (including phenoxy) is 3. The van der Waals surface area contributed by atoms with Gasteiger partial charge in [0.15, 0.2) is 5.79 Å². The molecule has 0 radical (unpaired) electrons. The van der Waals surface area contributed by atoms with Crippen molar-refractivity contribution in [3.05, 3.63) is 0 Å². The Morgan fingerprint density at radius 1 is 1.47 bits per heavy atom. The van der Waals surface area contributed by atoms with Crippen molar-refractivity contribution in [3.63, 3.8) is 0 Å². The van der Waals surface area contributed by atoms with Gasteiger partial charge in [-0.2, -0.15) is 0 Å². The molecule has 2 rings (SSSR count). The first-order valence-corrected chi connectivity index (χ1v) is 5.36. The summed E-state index contributed by atoms with van der Waals surface area (Å²) < 4.78 is 16.7. The fourth-order valence-electron chi connectivity index (χ4n) is 2.18. The lowest BCUT2D eigenvalue weighted by Gasteiger charge is -2.34. The summed E-state index contributed by atoms with van der Waals surface area (Å²) in [6.45, 7) is 3.70. The van der Waals surface area contributed by atoms with E-state index in [2.05, 4.69) is 11.2 Å². The van der Waals surface area contributed by atoms with Crippen molar-refractivity contribution in [2.45, 2.75) is 44.0 Å². The van der Waals surface area contributed by atoms with Crippen molar-refractivity contribution >= 4 is 6.09 Å². The van der Waals surface area contributed by atoms with Gasteiger partial charge in [-0.25, -0.2) is 4.79 Å². The predicted octanol–water partition coefficient (Wildman–Crippen LogP) is 0.175. The highest BCUT2D eigenvalue weighted by atomic mass is 16.8. The summed E-state index contributed by atoms with van der Waals surface area (Å²) in [5.74, 6) is 1.70. The van der Waals surface area contributed by atoms with Gasteiger partial charge in [0.1, 0.15) is 18.3 Å². The zero-order valence-electron chi connectivity index (χ0n) is 9.67. The van der Waals surface area contributed by atoms with Crippen LogP contribution in [0.4, 0.5) is 4.79 Å². The van der Waals surface area contributed by atoms with E-state index in [9.17, 15) is 4.79 Å². The summed E-state index contributed by atoms with van der Waals surface area (Å²) in [5, 5.41) is 11.1. The molecule has 2 heterocycles. The molecule has 2 saturated heterocycles. The van der Waals surface area contributed by atoms with E-state index in [1.807, 2.05) is 0 Å². The number of hydrogen-bond donors (Lipinski definition) is 2. The summed E-state index contributed by atoms with van der Waals surface area (Å²) >= 11 is 0. The number of rotatable bonds is 1. The Hall–Kier alpha value is -1.29. The standard InChI is InChI=1S/C11H15NO5/c1-4-7-9-8(16-11(2,3)17-9)6(5-15-7)12-10(13)14/h1,6-9,12H,5H2,2-3H3,(H,13,14)/t6-,7+,8+,9-/m0/s1. The first-order valence-electron chi connectivity index (χ1n) is 5.36. The molecule has 17 heavy (non-hydrogen) atoms. The number of nitrogens with one attached hydrogen (secondary N) is 1. The molecular formula is C11H15NO5. The lowest BCUT2D eigenvalue weighted by Crippen LogP contribution is -2.57. The van der Waals surface area contributed by atoms with E-state index in [0.29, 0.717) is 0 Å². The molecule has 0 aromatic heterocycles. The SMILES string of the molecule is C#C[C@H]1OC[C@H](NC(=O)O)[C@H]2OC(C)(C)O[C@H]21. The van der Waals surface area contributed by atoms with Crippen LogP contribution >= 0.6 is 0 Å². The van der Waals surface area contributed by atoms with Crippen LogP contribution in [0, 0.1) is 12.3 Å². The summed E-state index contributed by atoms with van der Waals surface area (Å²) in [6.07, 6.45) is 2.86. The zero-order chi connectivity index (χ0) is 12.6. The lowest BCUT2D eigenvalue weighted by molar-refractivity contribution is -0.149. The maximum Gasteiger partial charge on any atom is 0.405 e. The predicted molar refractivity (Wildman–Crippen MR) is 57.3 cm³/mol. The molecule has 6 heteroatoms. The highest BCUT2D eigenvalue weighted by molar-refractivity contribution is 5.65. The number of carbonyl (C=O) groups is 1. The monoisotopic (exact) mass is 241 g/mol. The maximum atomic E-state index is 10.7. The van der Waals surface area contributed by atoms with Gasteiger partial charge in [-0.1, -0.05) is 5.92 Å². The highest BCUT2D eigenvalue weighted by Gasteiger charge is 2.51. The third kappa shape index (κ3) is 2.36. The minimum absolute atomic E-state index is 0.182. The number of terminal acetylenes is 1. The van der Waals surface area contributed by atoms with Crippen LogP contribution in [0.2, 0.25) is 0 Å². The minimum atomic E-state index is -1.12. The Morgan fingerprint density at radius 2 is 2.12 bits per heavy atom. The third-order valence-electron chi connectivity index (χ3n) is 2.79. The Balaban J connectivity index is 2.16. The molecule has 0 spiro atoms. The van der Waals surface area contributed by atoms with E-state index < -0.39 is 36.2 Å². The van der Waals surface area contributed by atoms with Gasteiger partial charge in [0.05, 0.1) is 12.6 Å². The maximum absolute atomic E-state index is 10.7. The average molecular weight is 241 g/mol. The zero-order valence-corrected chi connectivity index (χ0v) is 9.67. The molecule has 1 amide bonds. The third-order valence-corrected chi connectivity index (χ3v) is 2.79. The smallest absolute Gasteiger partial charge is 0.405 e. The molecule has 0 bridgehead atoms. The van der Waals surface area contributed by atoms with Crippen molar-refractivity contribution in [2.24, 2.45) is 0 Å². The van der Waals surface area contributed by atoms with Crippen LogP contribution in [-0.2, 0) is 14.2 Å². The van der Waals surface area contributed by atoms with Crippen molar-refractivity contribution in [2.75, 3.05) is 6.61 Å². The van der Waals surface area contributed by atoms with Crippen LogP contribution in [-0.4, -0.2) is 47.9 Å². The molecular weight excluding hydrogens is 226 g/mol. The van der Waals surface area contributed by atoms with Crippen molar-refractivity contribution in [1.29, 1.82) is 0 Å². The normalized spacial score (nSPS) is 39.1. The van der Waals surface area contributed by atoms with E-state index in [0.717, 1.165) is 0 Å². The van der Waals surface area contributed by atoms with Gasteiger partial charge in [-0.05, 0) is 13.8 Å². The van der Waals surface area contributed by atoms with Crippen molar-refractivity contribution in [3.8, 4) is 12.3 Å². The van der Waals surface area contributed by atoms with E-state index in [4.69, 9.17) is 25.7 Å². The summed E-state index contributed by atoms with van der Waals surface area (Å²) in [4.78, 5) is 10.7. The molecule has 0 aliphatic carbocycles. The van der Waals surface area contributed by atoms with Gasteiger partial charge in [-0.3, -0.25) is 0 Å². The molecule has 0 aromatic carbocycles. The first-order chi connectivity index (χ1) is 7.93. The van der Waals surface area contributed by atoms with Crippen molar-refractivity contribution in [1.82, 2.24) is 5.32 Å². The fraction of sp³-hybridized carbons (Fsp3) is 0.727. The molecule has 4 atom stereocenters. The molecule has 2 N–H and O–H groups in total. The number of carboxylic acid groups (broad SMARTS) is 1. The Morgan fingerprint density at radius 3 is 2.71 bits per heavy atom. The van der Waals surface area contributed by atoms with Gasteiger partial charge in [-0.15, -0.1) is 6.42 Å². The molecule has 0 aromatic rings. The quantitative estimate of drug-likeness (QED) is 0.640. The van der Waals surface area contributed by atoms with Gasteiger partial charge in [0.25, 0.3) is 0 Å². The van der Waals surface area contributed by atoms with E-state index >= 15 is 0 Å². The minimum Gasteiger partial charge on any atom is -0.465 e. The Bertz CT molecular complexity index is 361. The Labute approximate surface area is 99.2 Å². The van der Waals surface area contributed by atoms with Crippen LogP contribution in [0.5, 0.6) is 0 Å². The summed E-state index contributed by atoms with van der Waals surface area (Å²) in [6, 6.07) is -0.469. The van der Waals surface area contributed by atoms with Crippen LogP contribution in [0.3, 0.4) is 0 Å². The molecule has 0 saturated carbocycles. The molecule has 2 aliphatic rings. The molecule has 2 fully saturated rings.